The highest BCUT2D eigenvalue weighted by Crippen LogP contribution is 2.24. The first-order chi connectivity index (χ1) is 9.02. The number of hydrogen-bond donors (Lipinski definition) is 5. The first-order valence-corrected chi connectivity index (χ1v) is 5.85. The molecule has 6 N–H and O–H groups in total. The maximum Gasteiger partial charge on any atom is 0.229 e. The van der Waals surface area contributed by atoms with E-state index in [9.17, 15) is 15.3 Å². The summed E-state index contributed by atoms with van der Waals surface area (Å²) < 4.78 is 10.6. The summed E-state index contributed by atoms with van der Waals surface area (Å²) >= 11 is 0. The molecule has 0 bridgehead atoms. The number of anilines is 1. The fourth-order valence-electron chi connectivity index (χ4n) is 1.85. The molecule has 1 aromatic carbocycles. The predicted molar refractivity (Wildman–Crippen MR) is 65.2 cm³/mol. The molecule has 1 saturated heterocycles. The molecule has 106 valence electrons. The molecule has 7 nitrogen and oxygen atoms in total. The van der Waals surface area contributed by atoms with Crippen LogP contribution in [0.15, 0.2) is 24.3 Å². The second-order valence-corrected chi connectivity index (χ2v) is 4.38. The van der Waals surface area contributed by atoms with Gasteiger partial charge in [-0.05, 0) is 24.3 Å². The Labute approximate surface area is 109 Å². The van der Waals surface area contributed by atoms with E-state index in [1.807, 2.05) is 0 Å². The van der Waals surface area contributed by atoms with Crippen LogP contribution in [0.2, 0.25) is 0 Å². The number of nitrogens with two attached hydrogens (primary N) is 1. The molecule has 0 aromatic heterocycles. The van der Waals surface area contributed by atoms with Crippen LogP contribution in [0.1, 0.15) is 0 Å². The second-order valence-electron chi connectivity index (χ2n) is 4.38. The largest absolute Gasteiger partial charge is 0.462 e. The van der Waals surface area contributed by atoms with Gasteiger partial charge < -0.3 is 35.6 Å². The van der Waals surface area contributed by atoms with Crippen molar-refractivity contribution >= 4 is 5.69 Å². The predicted octanol–water partition coefficient (Wildman–Crippen LogP) is -1.55. The van der Waals surface area contributed by atoms with Crippen molar-refractivity contribution in [3.8, 4) is 5.75 Å². The Morgan fingerprint density at radius 1 is 1.05 bits per heavy atom. The monoisotopic (exact) mass is 271 g/mol. The number of aliphatic hydroxyl groups excluding tert-OH is 4. The number of aliphatic hydroxyl groups is 4. The summed E-state index contributed by atoms with van der Waals surface area (Å²) in [6, 6.07) is 6.38. The van der Waals surface area contributed by atoms with Gasteiger partial charge in [-0.15, -0.1) is 0 Å². The molecule has 0 spiro atoms. The number of nitrogen functional groups attached to an aromatic ring is 1. The van der Waals surface area contributed by atoms with E-state index in [4.69, 9.17) is 20.3 Å². The molecule has 0 radical (unpaired) electrons. The van der Waals surface area contributed by atoms with Crippen molar-refractivity contribution in [2.45, 2.75) is 30.7 Å². The van der Waals surface area contributed by atoms with E-state index in [2.05, 4.69) is 0 Å². The molecule has 1 aliphatic heterocycles. The van der Waals surface area contributed by atoms with Gasteiger partial charge in [-0.25, -0.2) is 0 Å². The van der Waals surface area contributed by atoms with Crippen LogP contribution >= 0.6 is 0 Å². The summed E-state index contributed by atoms with van der Waals surface area (Å²) in [5.41, 5.74) is 6.09. The highest BCUT2D eigenvalue weighted by atomic mass is 16.7. The van der Waals surface area contributed by atoms with Crippen LogP contribution < -0.4 is 10.5 Å². The molecule has 0 unspecified atom stereocenters. The molecule has 1 fully saturated rings. The SMILES string of the molecule is Nc1ccc(O[C@H]2O[C@@H](CO)[C@@H](O)[C@H](O)[C@H]2O)cc1. The lowest BCUT2D eigenvalue weighted by Gasteiger charge is -2.39. The quantitative estimate of drug-likeness (QED) is 0.421. The van der Waals surface area contributed by atoms with Gasteiger partial charge >= 0.3 is 0 Å². The van der Waals surface area contributed by atoms with Gasteiger partial charge in [-0.2, -0.15) is 0 Å². The number of ether oxygens (including phenoxy) is 2. The van der Waals surface area contributed by atoms with Crippen molar-refractivity contribution in [3.63, 3.8) is 0 Å². The highest BCUT2D eigenvalue weighted by molar-refractivity contribution is 5.41. The normalized spacial score (nSPS) is 35.1. The van der Waals surface area contributed by atoms with Crippen LogP contribution in [0.5, 0.6) is 5.75 Å². The van der Waals surface area contributed by atoms with E-state index in [-0.39, 0.29) is 0 Å². The minimum absolute atomic E-state index is 0.388. The van der Waals surface area contributed by atoms with Crippen LogP contribution in [0.4, 0.5) is 5.69 Å². The molecule has 1 aromatic rings. The van der Waals surface area contributed by atoms with E-state index in [0.29, 0.717) is 11.4 Å². The van der Waals surface area contributed by atoms with Crippen molar-refractivity contribution in [1.29, 1.82) is 0 Å². The summed E-state index contributed by atoms with van der Waals surface area (Å²) in [5, 5.41) is 38.0. The average molecular weight is 271 g/mol. The third-order valence-electron chi connectivity index (χ3n) is 2.98. The minimum Gasteiger partial charge on any atom is -0.462 e. The van der Waals surface area contributed by atoms with Gasteiger partial charge in [0.2, 0.25) is 6.29 Å². The maximum atomic E-state index is 9.77. The number of rotatable bonds is 3. The van der Waals surface area contributed by atoms with E-state index in [0.717, 1.165) is 0 Å². The van der Waals surface area contributed by atoms with E-state index in [1.165, 1.54) is 0 Å². The lowest BCUT2D eigenvalue weighted by molar-refractivity contribution is -0.277. The fourth-order valence-corrected chi connectivity index (χ4v) is 1.85. The molecule has 0 aliphatic carbocycles. The molecule has 0 amide bonds. The number of hydrogen-bond acceptors (Lipinski definition) is 7. The van der Waals surface area contributed by atoms with E-state index < -0.39 is 37.3 Å². The third kappa shape index (κ3) is 2.96. The van der Waals surface area contributed by atoms with E-state index in [1.54, 1.807) is 24.3 Å². The molecule has 19 heavy (non-hydrogen) atoms. The van der Waals surface area contributed by atoms with Gasteiger partial charge in [0.05, 0.1) is 6.61 Å². The molecule has 1 heterocycles. The summed E-state index contributed by atoms with van der Waals surface area (Å²) in [6.45, 7) is -0.494. The zero-order valence-corrected chi connectivity index (χ0v) is 10.1. The van der Waals surface area contributed by atoms with Gasteiger partial charge in [0.1, 0.15) is 30.2 Å². The average Bonchev–Trinajstić information content (AvgIpc) is 2.42. The molecule has 5 atom stereocenters. The number of benzene rings is 1. The first kappa shape index (κ1) is 14.0. The first-order valence-electron chi connectivity index (χ1n) is 5.85. The second kappa shape index (κ2) is 5.72. The third-order valence-corrected chi connectivity index (χ3v) is 2.98. The highest BCUT2D eigenvalue weighted by Gasteiger charge is 2.44. The van der Waals surface area contributed by atoms with Crippen LogP contribution in [-0.4, -0.2) is 57.7 Å². The molecular weight excluding hydrogens is 254 g/mol. The molecule has 2 rings (SSSR count). The van der Waals surface area contributed by atoms with Gasteiger partial charge in [0.15, 0.2) is 0 Å². The lowest BCUT2D eigenvalue weighted by Crippen LogP contribution is -2.60. The molecule has 0 saturated carbocycles. The Kier molecular flexibility index (Phi) is 4.23. The van der Waals surface area contributed by atoms with Crippen LogP contribution in [0.3, 0.4) is 0 Å². The Balaban J connectivity index is 2.08. The summed E-state index contributed by atoms with van der Waals surface area (Å²) in [5.74, 6) is 0.388. The van der Waals surface area contributed by atoms with Gasteiger partial charge in [-0.3, -0.25) is 0 Å². The topological polar surface area (TPSA) is 125 Å². The molecule has 7 heteroatoms. The summed E-state index contributed by atoms with van der Waals surface area (Å²) in [6.07, 6.45) is -6.44. The molecule has 1 aliphatic rings. The summed E-state index contributed by atoms with van der Waals surface area (Å²) in [7, 11) is 0. The van der Waals surface area contributed by atoms with E-state index >= 15 is 0 Å². The lowest BCUT2D eigenvalue weighted by atomic mass is 9.99. The Bertz CT molecular complexity index is 409. The van der Waals surface area contributed by atoms with Gasteiger partial charge in [0, 0.05) is 5.69 Å². The Hall–Kier alpha value is -1.38. The minimum atomic E-state index is -1.45. The van der Waals surface area contributed by atoms with Crippen molar-refractivity contribution in [1.82, 2.24) is 0 Å². The Morgan fingerprint density at radius 2 is 1.68 bits per heavy atom. The van der Waals surface area contributed by atoms with Gasteiger partial charge in [0.25, 0.3) is 0 Å². The maximum absolute atomic E-state index is 9.77. The van der Waals surface area contributed by atoms with Crippen molar-refractivity contribution < 1.29 is 29.9 Å². The zero-order chi connectivity index (χ0) is 14.0. The zero-order valence-electron chi connectivity index (χ0n) is 10.1. The van der Waals surface area contributed by atoms with Crippen LogP contribution in [0, 0.1) is 0 Å². The smallest absolute Gasteiger partial charge is 0.229 e. The van der Waals surface area contributed by atoms with Crippen LogP contribution in [0.25, 0.3) is 0 Å². The van der Waals surface area contributed by atoms with Crippen molar-refractivity contribution in [2.75, 3.05) is 12.3 Å². The standard InChI is InChI=1S/C12H17NO6/c13-6-1-3-7(4-2-6)18-12-11(17)10(16)9(15)8(5-14)19-12/h1-4,8-12,14-17H,5,13H2/t8-,9+,10-,11+,12-/m0/s1. The fraction of sp³-hybridized carbons (Fsp3) is 0.500. The molecular formula is C12H17NO6. The van der Waals surface area contributed by atoms with Crippen molar-refractivity contribution in [2.24, 2.45) is 0 Å². The summed E-state index contributed by atoms with van der Waals surface area (Å²) in [4.78, 5) is 0. The van der Waals surface area contributed by atoms with Crippen LogP contribution in [-0.2, 0) is 4.74 Å². The van der Waals surface area contributed by atoms with Crippen molar-refractivity contribution in [3.05, 3.63) is 24.3 Å². The van der Waals surface area contributed by atoms with Gasteiger partial charge in [-0.1, -0.05) is 0 Å². The Morgan fingerprint density at radius 3 is 2.26 bits per heavy atom.